The van der Waals surface area contributed by atoms with Crippen LogP contribution in [0.5, 0.6) is 0 Å². The molecule has 0 aliphatic heterocycles. The van der Waals surface area contributed by atoms with Crippen LogP contribution >= 0.6 is 0 Å². The molecule has 7 nitrogen and oxygen atoms in total. The molecular weight excluding hydrogens is 301 g/mol. The van der Waals surface area contributed by atoms with Gasteiger partial charge in [-0.05, 0) is 25.7 Å². The van der Waals surface area contributed by atoms with Crippen molar-refractivity contribution in [2.24, 2.45) is 5.92 Å². The fraction of sp³-hybridized carbons (Fsp3) is 0.500. The second-order valence-corrected chi connectivity index (χ2v) is 6.71. The summed E-state index contributed by atoms with van der Waals surface area (Å²) in [5.41, 5.74) is -0.650. The van der Waals surface area contributed by atoms with Crippen LogP contribution in [-0.2, 0) is 10.0 Å². The first-order valence-electron chi connectivity index (χ1n) is 6.44. The first kappa shape index (κ1) is 15.6. The van der Waals surface area contributed by atoms with Crippen molar-refractivity contribution in [3.8, 4) is 0 Å². The smallest absolute Gasteiger partial charge is 0.274 e. The average Bonchev–Trinajstić information content (AvgIpc) is 3.20. The number of non-ortho nitro benzene ring substituents is 1. The van der Waals surface area contributed by atoms with Gasteiger partial charge < -0.3 is 5.32 Å². The van der Waals surface area contributed by atoms with E-state index in [1.165, 1.54) is 7.05 Å². The minimum atomic E-state index is -4.09. The summed E-state index contributed by atoms with van der Waals surface area (Å²) in [7, 11) is -2.71. The lowest BCUT2D eigenvalue weighted by molar-refractivity contribution is -0.385. The molecule has 1 unspecified atom stereocenters. The van der Waals surface area contributed by atoms with Gasteiger partial charge >= 0.3 is 0 Å². The number of sulfonamides is 1. The Morgan fingerprint density at radius 2 is 2.05 bits per heavy atom. The van der Waals surface area contributed by atoms with Gasteiger partial charge in [0, 0.05) is 19.2 Å². The molecule has 0 radical (unpaired) electrons. The lowest BCUT2D eigenvalue weighted by atomic mass is 10.2. The highest BCUT2D eigenvalue weighted by molar-refractivity contribution is 7.89. The first-order valence-corrected chi connectivity index (χ1v) is 7.92. The minimum Gasteiger partial charge on any atom is -0.387 e. The number of nitrogens with one attached hydrogen (secondary N) is 2. The van der Waals surface area contributed by atoms with Gasteiger partial charge in [0.2, 0.25) is 10.0 Å². The molecule has 1 aliphatic carbocycles. The van der Waals surface area contributed by atoms with E-state index < -0.39 is 31.3 Å². The Hall–Kier alpha value is -1.74. The van der Waals surface area contributed by atoms with E-state index in [1.807, 2.05) is 0 Å². The van der Waals surface area contributed by atoms with Crippen LogP contribution in [0.25, 0.3) is 0 Å². The molecule has 0 saturated heterocycles. The fourth-order valence-corrected chi connectivity index (χ4v) is 3.71. The molecule has 1 fully saturated rings. The highest BCUT2D eigenvalue weighted by Crippen LogP contribution is 2.34. The van der Waals surface area contributed by atoms with Gasteiger partial charge in [0.15, 0.2) is 5.82 Å². The summed E-state index contributed by atoms with van der Waals surface area (Å²) in [6.45, 7) is 1.72. The molecule has 1 saturated carbocycles. The van der Waals surface area contributed by atoms with Crippen molar-refractivity contribution >= 4 is 21.4 Å². The molecule has 1 aromatic carbocycles. The van der Waals surface area contributed by atoms with Crippen molar-refractivity contribution in [2.75, 3.05) is 12.4 Å². The number of nitro groups is 1. The summed E-state index contributed by atoms with van der Waals surface area (Å²) < 4.78 is 41.1. The van der Waals surface area contributed by atoms with Crippen LogP contribution in [0.1, 0.15) is 19.8 Å². The zero-order chi connectivity index (χ0) is 15.8. The molecule has 21 heavy (non-hydrogen) atoms. The number of hydrogen-bond donors (Lipinski definition) is 2. The Balaban J connectivity index is 2.43. The molecule has 0 heterocycles. The highest BCUT2D eigenvalue weighted by Gasteiger charge is 2.33. The Morgan fingerprint density at radius 1 is 1.43 bits per heavy atom. The van der Waals surface area contributed by atoms with E-state index in [0.29, 0.717) is 6.07 Å². The zero-order valence-electron chi connectivity index (χ0n) is 11.6. The van der Waals surface area contributed by atoms with Crippen molar-refractivity contribution in [3.63, 3.8) is 0 Å². The fourth-order valence-electron chi connectivity index (χ4n) is 2.14. The van der Waals surface area contributed by atoms with Crippen LogP contribution in [0.3, 0.4) is 0 Å². The molecular formula is C12H16FN3O4S. The van der Waals surface area contributed by atoms with E-state index in [4.69, 9.17) is 0 Å². The minimum absolute atomic E-state index is 0.141. The monoisotopic (exact) mass is 317 g/mol. The second-order valence-electron chi connectivity index (χ2n) is 5.06. The summed E-state index contributed by atoms with van der Waals surface area (Å²) >= 11 is 0. The molecule has 1 aromatic rings. The van der Waals surface area contributed by atoms with Crippen molar-refractivity contribution < 1.29 is 17.7 Å². The lowest BCUT2D eigenvalue weighted by Gasteiger charge is -2.16. The van der Waals surface area contributed by atoms with Gasteiger partial charge in [-0.3, -0.25) is 10.1 Å². The molecule has 1 aliphatic rings. The number of hydrogen-bond acceptors (Lipinski definition) is 5. The molecule has 0 aromatic heterocycles. The summed E-state index contributed by atoms with van der Waals surface area (Å²) in [5.74, 6) is -0.886. The summed E-state index contributed by atoms with van der Waals surface area (Å²) in [6.07, 6.45) is 1.87. The normalized spacial score (nSPS) is 16.5. The van der Waals surface area contributed by atoms with Gasteiger partial charge in [0.25, 0.3) is 5.69 Å². The van der Waals surface area contributed by atoms with Crippen molar-refractivity contribution in [3.05, 3.63) is 28.1 Å². The van der Waals surface area contributed by atoms with Crippen LogP contribution in [0.2, 0.25) is 0 Å². The molecule has 9 heteroatoms. The molecule has 0 spiro atoms. The predicted molar refractivity (Wildman–Crippen MR) is 75.1 cm³/mol. The van der Waals surface area contributed by atoms with Crippen molar-refractivity contribution in [2.45, 2.75) is 30.7 Å². The maximum atomic E-state index is 14.1. The van der Waals surface area contributed by atoms with Crippen molar-refractivity contribution in [1.82, 2.24) is 4.72 Å². The number of halogens is 1. The van der Waals surface area contributed by atoms with Crippen LogP contribution < -0.4 is 10.0 Å². The summed E-state index contributed by atoms with van der Waals surface area (Å²) in [4.78, 5) is 9.33. The summed E-state index contributed by atoms with van der Waals surface area (Å²) in [6, 6.07) is 1.31. The number of anilines is 1. The topological polar surface area (TPSA) is 101 Å². The predicted octanol–water partition coefficient (Wildman–Crippen LogP) is 1.85. The Labute approximate surface area is 121 Å². The van der Waals surface area contributed by atoms with Gasteiger partial charge in [-0.25, -0.2) is 17.5 Å². The molecule has 2 N–H and O–H groups in total. The third-order valence-corrected chi connectivity index (χ3v) is 5.08. The van der Waals surface area contributed by atoms with Crippen LogP contribution in [0.4, 0.5) is 15.8 Å². The maximum Gasteiger partial charge on any atom is 0.274 e. The number of nitrogens with zero attached hydrogens (tertiary/aromatic N) is 1. The van der Waals surface area contributed by atoms with E-state index in [1.54, 1.807) is 6.92 Å². The molecule has 2 rings (SSSR count). The Bertz CT molecular complexity index is 673. The highest BCUT2D eigenvalue weighted by atomic mass is 32.2. The molecule has 0 amide bonds. The van der Waals surface area contributed by atoms with Crippen LogP contribution in [0.15, 0.2) is 17.0 Å². The quantitative estimate of drug-likeness (QED) is 0.616. The van der Waals surface area contributed by atoms with E-state index in [2.05, 4.69) is 10.0 Å². The van der Waals surface area contributed by atoms with Gasteiger partial charge in [-0.2, -0.15) is 0 Å². The molecule has 1 atom stereocenters. The second kappa shape index (κ2) is 5.57. The van der Waals surface area contributed by atoms with E-state index >= 15 is 0 Å². The molecule has 116 valence electrons. The molecule has 0 bridgehead atoms. The van der Waals surface area contributed by atoms with Crippen LogP contribution in [-0.4, -0.2) is 26.4 Å². The zero-order valence-corrected chi connectivity index (χ0v) is 12.4. The number of rotatable bonds is 6. The van der Waals surface area contributed by atoms with Gasteiger partial charge in [-0.15, -0.1) is 0 Å². The Kier molecular flexibility index (Phi) is 4.15. The lowest BCUT2D eigenvalue weighted by Crippen LogP contribution is -2.35. The standard InChI is InChI=1S/C12H16FN3O4S/c1-7(8-3-4-8)15-21(19,20)12-10(13)5-9(16(17)18)6-11(12)14-2/h5-8,14-15H,3-4H2,1-2H3. The van der Waals surface area contributed by atoms with E-state index in [0.717, 1.165) is 18.9 Å². The number of benzene rings is 1. The first-order chi connectivity index (χ1) is 9.76. The Morgan fingerprint density at radius 3 is 2.52 bits per heavy atom. The van der Waals surface area contributed by atoms with Gasteiger partial charge in [0.05, 0.1) is 16.7 Å². The maximum absolute atomic E-state index is 14.1. The van der Waals surface area contributed by atoms with E-state index in [-0.39, 0.29) is 17.6 Å². The van der Waals surface area contributed by atoms with Crippen molar-refractivity contribution in [1.29, 1.82) is 0 Å². The SMILES string of the molecule is CNc1cc([N+](=O)[O-])cc(F)c1S(=O)(=O)NC(C)C1CC1. The summed E-state index contributed by atoms with van der Waals surface area (Å²) in [5, 5.41) is 13.2. The van der Waals surface area contributed by atoms with E-state index in [9.17, 15) is 22.9 Å². The third-order valence-electron chi connectivity index (χ3n) is 3.45. The van der Waals surface area contributed by atoms with Gasteiger partial charge in [0.1, 0.15) is 4.90 Å². The third kappa shape index (κ3) is 3.30. The largest absolute Gasteiger partial charge is 0.387 e. The average molecular weight is 317 g/mol. The van der Waals surface area contributed by atoms with Gasteiger partial charge in [-0.1, -0.05) is 0 Å². The van der Waals surface area contributed by atoms with Crippen LogP contribution in [0, 0.1) is 21.8 Å². The number of nitro benzene ring substituents is 1.